The Kier molecular flexibility index (Phi) is 6.89. The van der Waals surface area contributed by atoms with E-state index in [1.54, 1.807) is 0 Å². The number of rotatable bonds is 6. The minimum Gasteiger partial charge on any atom is -0.480 e. The molecule has 1 atom stereocenters. The SMILES string of the molecule is COCCN(CC(=O)O)C(=O)NC1CCCSC1. The number of hydrogen-bond acceptors (Lipinski definition) is 4. The van der Waals surface area contributed by atoms with Crippen molar-refractivity contribution in [3.05, 3.63) is 0 Å². The Balaban J connectivity index is 2.43. The molecule has 0 aromatic rings. The molecule has 0 aliphatic carbocycles. The number of nitrogens with one attached hydrogen (secondary N) is 1. The van der Waals surface area contributed by atoms with Crippen LogP contribution in [-0.2, 0) is 9.53 Å². The molecule has 0 radical (unpaired) electrons. The number of carboxylic acids is 1. The van der Waals surface area contributed by atoms with E-state index < -0.39 is 5.97 Å². The molecule has 18 heavy (non-hydrogen) atoms. The minimum atomic E-state index is -1.01. The topological polar surface area (TPSA) is 78.9 Å². The van der Waals surface area contributed by atoms with Crippen molar-refractivity contribution in [3.8, 4) is 0 Å². The maximum absolute atomic E-state index is 11.9. The summed E-state index contributed by atoms with van der Waals surface area (Å²) in [5, 5.41) is 11.7. The highest BCUT2D eigenvalue weighted by Gasteiger charge is 2.21. The normalized spacial score (nSPS) is 19.3. The number of nitrogens with zero attached hydrogens (tertiary/aromatic N) is 1. The largest absolute Gasteiger partial charge is 0.480 e. The van der Waals surface area contributed by atoms with Crippen LogP contribution in [0, 0.1) is 0 Å². The highest BCUT2D eigenvalue weighted by molar-refractivity contribution is 7.99. The Labute approximate surface area is 111 Å². The fourth-order valence-corrected chi connectivity index (χ4v) is 2.81. The van der Waals surface area contributed by atoms with Crippen LogP contribution in [0.2, 0.25) is 0 Å². The molecule has 1 fully saturated rings. The second-order valence-electron chi connectivity index (χ2n) is 4.17. The molecular formula is C11H20N2O4S. The van der Waals surface area contributed by atoms with Crippen LogP contribution >= 0.6 is 11.8 Å². The van der Waals surface area contributed by atoms with Crippen LogP contribution in [0.15, 0.2) is 0 Å². The van der Waals surface area contributed by atoms with Gasteiger partial charge in [-0.15, -0.1) is 0 Å². The zero-order valence-electron chi connectivity index (χ0n) is 10.6. The first kappa shape index (κ1) is 15.1. The van der Waals surface area contributed by atoms with E-state index in [9.17, 15) is 9.59 Å². The van der Waals surface area contributed by atoms with Gasteiger partial charge in [-0.25, -0.2) is 4.79 Å². The molecule has 1 heterocycles. The third kappa shape index (κ3) is 5.59. The minimum absolute atomic E-state index is 0.148. The molecule has 104 valence electrons. The molecule has 6 nitrogen and oxygen atoms in total. The van der Waals surface area contributed by atoms with Gasteiger partial charge in [0, 0.05) is 25.4 Å². The summed E-state index contributed by atoms with van der Waals surface area (Å²) in [6.07, 6.45) is 2.05. The molecule has 0 spiro atoms. The van der Waals surface area contributed by atoms with Crippen molar-refractivity contribution >= 4 is 23.8 Å². The number of urea groups is 1. The van der Waals surface area contributed by atoms with E-state index in [4.69, 9.17) is 9.84 Å². The van der Waals surface area contributed by atoms with Gasteiger partial charge in [-0.3, -0.25) is 4.79 Å². The van der Waals surface area contributed by atoms with Gasteiger partial charge >= 0.3 is 12.0 Å². The first-order chi connectivity index (χ1) is 8.63. The number of aliphatic carboxylic acids is 1. The monoisotopic (exact) mass is 276 g/mol. The molecule has 0 saturated carbocycles. The predicted molar refractivity (Wildman–Crippen MR) is 70.0 cm³/mol. The van der Waals surface area contributed by atoms with Crippen molar-refractivity contribution in [2.75, 3.05) is 38.3 Å². The lowest BCUT2D eigenvalue weighted by molar-refractivity contribution is -0.137. The molecule has 2 amide bonds. The number of methoxy groups -OCH3 is 1. The number of ether oxygens (including phenoxy) is 1. The smallest absolute Gasteiger partial charge is 0.323 e. The van der Waals surface area contributed by atoms with Gasteiger partial charge in [-0.1, -0.05) is 0 Å². The molecule has 0 aromatic carbocycles. The summed E-state index contributed by atoms with van der Waals surface area (Å²) in [5.41, 5.74) is 0. The van der Waals surface area contributed by atoms with Crippen molar-refractivity contribution < 1.29 is 19.4 Å². The summed E-state index contributed by atoms with van der Waals surface area (Å²) in [6, 6.07) is -0.169. The Morgan fingerprint density at radius 3 is 2.89 bits per heavy atom. The number of carbonyl (C=O) groups is 2. The molecule has 7 heteroatoms. The number of hydrogen-bond donors (Lipinski definition) is 2. The molecule has 1 saturated heterocycles. The summed E-state index contributed by atoms with van der Waals surface area (Å²) >= 11 is 1.81. The Morgan fingerprint density at radius 1 is 1.56 bits per heavy atom. The van der Waals surface area contributed by atoms with E-state index in [2.05, 4.69) is 5.32 Å². The summed E-state index contributed by atoms with van der Waals surface area (Å²) in [4.78, 5) is 23.9. The molecule has 1 aliphatic rings. The van der Waals surface area contributed by atoms with Crippen LogP contribution in [0.5, 0.6) is 0 Å². The van der Waals surface area contributed by atoms with Crippen LogP contribution < -0.4 is 5.32 Å². The lowest BCUT2D eigenvalue weighted by Gasteiger charge is -2.27. The zero-order chi connectivity index (χ0) is 13.4. The number of carboxylic acid groups (broad SMARTS) is 1. The maximum Gasteiger partial charge on any atom is 0.323 e. The van der Waals surface area contributed by atoms with Crippen LogP contribution in [-0.4, -0.2) is 66.4 Å². The molecular weight excluding hydrogens is 256 g/mol. The molecule has 0 bridgehead atoms. The first-order valence-corrected chi connectivity index (χ1v) is 7.13. The Bertz CT molecular complexity index is 282. The van der Waals surface area contributed by atoms with Gasteiger partial charge in [0.25, 0.3) is 0 Å². The fourth-order valence-electron chi connectivity index (χ4n) is 1.74. The van der Waals surface area contributed by atoms with Crippen molar-refractivity contribution in [1.82, 2.24) is 10.2 Å². The highest BCUT2D eigenvalue weighted by atomic mass is 32.2. The number of amides is 2. The first-order valence-electron chi connectivity index (χ1n) is 5.97. The van der Waals surface area contributed by atoms with E-state index in [0.29, 0.717) is 6.61 Å². The van der Waals surface area contributed by atoms with E-state index in [0.717, 1.165) is 24.3 Å². The van der Waals surface area contributed by atoms with Gasteiger partial charge in [0.05, 0.1) is 6.61 Å². The van der Waals surface area contributed by atoms with Gasteiger partial charge in [0.2, 0.25) is 0 Å². The number of carbonyl (C=O) groups excluding carboxylic acids is 1. The quantitative estimate of drug-likeness (QED) is 0.743. The average molecular weight is 276 g/mol. The predicted octanol–water partition coefficient (Wildman–Crippen LogP) is 0.625. The summed E-state index contributed by atoms with van der Waals surface area (Å²) < 4.78 is 4.88. The number of thioether (sulfide) groups is 1. The van der Waals surface area contributed by atoms with Crippen LogP contribution in [0.25, 0.3) is 0 Å². The Morgan fingerprint density at radius 2 is 2.33 bits per heavy atom. The van der Waals surface area contributed by atoms with Crippen molar-refractivity contribution in [1.29, 1.82) is 0 Å². The van der Waals surface area contributed by atoms with Crippen LogP contribution in [0.4, 0.5) is 4.79 Å². The lowest BCUT2D eigenvalue weighted by atomic mass is 10.2. The fraction of sp³-hybridized carbons (Fsp3) is 0.818. The molecule has 2 N–H and O–H groups in total. The van der Waals surface area contributed by atoms with Crippen molar-refractivity contribution in [2.45, 2.75) is 18.9 Å². The molecule has 1 rings (SSSR count). The van der Waals surface area contributed by atoms with Crippen LogP contribution in [0.1, 0.15) is 12.8 Å². The van der Waals surface area contributed by atoms with E-state index in [1.807, 2.05) is 11.8 Å². The van der Waals surface area contributed by atoms with Crippen molar-refractivity contribution in [3.63, 3.8) is 0 Å². The van der Waals surface area contributed by atoms with E-state index >= 15 is 0 Å². The highest BCUT2D eigenvalue weighted by Crippen LogP contribution is 2.17. The molecule has 1 aliphatic heterocycles. The zero-order valence-corrected chi connectivity index (χ0v) is 11.4. The van der Waals surface area contributed by atoms with Gasteiger partial charge < -0.3 is 20.1 Å². The third-order valence-corrected chi connectivity index (χ3v) is 3.88. The summed E-state index contributed by atoms with van der Waals surface area (Å²) in [5.74, 6) is 1.02. The Hall–Kier alpha value is -0.950. The average Bonchev–Trinajstić information content (AvgIpc) is 2.35. The van der Waals surface area contributed by atoms with E-state index in [1.165, 1.54) is 12.0 Å². The summed E-state index contributed by atoms with van der Waals surface area (Å²) in [6.45, 7) is 0.323. The van der Waals surface area contributed by atoms with Gasteiger partial charge in [-0.05, 0) is 18.6 Å². The molecule has 1 unspecified atom stereocenters. The van der Waals surface area contributed by atoms with Crippen molar-refractivity contribution in [2.24, 2.45) is 0 Å². The van der Waals surface area contributed by atoms with Crippen LogP contribution in [0.3, 0.4) is 0 Å². The standard InChI is InChI=1S/C11H20N2O4S/c1-17-5-4-13(7-10(14)15)11(16)12-9-3-2-6-18-8-9/h9H,2-8H2,1H3,(H,12,16)(H,14,15). The lowest BCUT2D eigenvalue weighted by Crippen LogP contribution is -2.49. The summed E-state index contributed by atoms with van der Waals surface area (Å²) in [7, 11) is 1.52. The van der Waals surface area contributed by atoms with E-state index in [-0.39, 0.29) is 25.2 Å². The second-order valence-corrected chi connectivity index (χ2v) is 5.32. The second kappa shape index (κ2) is 8.20. The van der Waals surface area contributed by atoms with Gasteiger partial charge in [0.15, 0.2) is 0 Å². The molecule has 0 aromatic heterocycles. The third-order valence-electron chi connectivity index (χ3n) is 2.67. The van der Waals surface area contributed by atoms with Gasteiger partial charge in [0.1, 0.15) is 6.54 Å². The van der Waals surface area contributed by atoms with Gasteiger partial charge in [-0.2, -0.15) is 11.8 Å². The maximum atomic E-state index is 11.9.